The molecule has 2 rings (SSSR count). The number of hydrogen-bond donors (Lipinski definition) is 1. The number of nitrogens with one attached hydrogen (secondary N) is 1. The number of rotatable bonds is 3. The average molecular weight is 275 g/mol. The Balaban J connectivity index is 1.90. The highest BCUT2D eigenvalue weighted by molar-refractivity contribution is 8.14. The van der Waals surface area contributed by atoms with Crippen molar-refractivity contribution in [3.8, 4) is 0 Å². The molecule has 2 nitrogen and oxygen atoms in total. The molecule has 1 aliphatic rings. The monoisotopic (exact) mass is 274 g/mol. The van der Waals surface area contributed by atoms with Crippen LogP contribution >= 0.6 is 34.7 Å². The molecule has 0 aliphatic carbocycles. The van der Waals surface area contributed by atoms with Crippen LogP contribution in [0.4, 0.5) is 0 Å². The van der Waals surface area contributed by atoms with Gasteiger partial charge in [-0.1, -0.05) is 37.2 Å². The SMILES string of the molecule is CC(C)C1CSC(=NCc2ccc(Cl)s2)N1. The third-order valence-electron chi connectivity index (χ3n) is 2.52. The molecule has 0 amide bonds. The highest BCUT2D eigenvalue weighted by atomic mass is 35.5. The number of thioether (sulfide) groups is 1. The Labute approximate surface area is 109 Å². The van der Waals surface area contributed by atoms with Crippen molar-refractivity contribution in [1.29, 1.82) is 0 Å². The fourth-order valence-corrected chi connectivity index (χ4v) is 3.66. The zero-order chi connectivity index (χ0) is 11.5. The molecule has 0 radical (unpaired) electrons. The van der Waals surface area contributed by atoms with Gasteiger partial charge in [0.2, 0.25) is 0 Å². The van der Waals surface area contributed by atoms with E-state index in [-0.39, 0.29) is 0 Å². The van der Waals surface area contributed by atoms with Gasteiger partial charge in [-0.2, -0.15) is 0 Å². The number of halogens is 1. The Morgan fingerprint density at radius 3 is 2.94 bits per heavy atom. The van der Waals surface area contributed by atoms with Crippen molar-refractivity contribution in [1.82, 2.24) is 5.32 Å². The van der Waals surface area contributed by atoms with Crippen LogP contribution in [0, 0.1) is 5.92 Å². The van der Waals surface area contributed by atoms with Gasteiger partial charge in [0, 0.05) is 16.7 Å². The first-order valence-electron chi connectivity index (χ1n) is 5.33. The van der Waals surface area contributed by atoms with E-state index in [1.165, 1.54) is 4.88 Å². The van der Waals surface area contributed by atoms with E-state index in [0.29, 0.717) is 12.0 Å². The lowest BCUT2D eigenvalue weighted by atomic mass is 10.1. The van der Waals surface area contributed by atoms with Gasteiger partial charge in [0.05, 0.1) is 10.9 Å². The molecule has 0 aromatic carbocycles. The van der Waals surface area contributed by atoms with Crippen LogP contribution in [0.2, 0.25) is 4.34 Å². The summed E-state index contributed by atoms with van der Waals surface area (Å²) in [7, 11) is 0. The summed E-state index contributed by atoms with van der Waals surface area (Å²) in [6, 6.07) is 4.53. The molecule has 1 aromatic heterocycles. The van der Waals surface area contributed by atoms with Gasteiger partial charge in [-0.05, 0) is 18.1 Å². The molecule has 1 fully saturated rings. The third-order valence-corrected chi connectivity index (χ3v) is 4.78. The van der Waals surface area contributed by atoms with Gasteiger partial charge in [-0.15, -0.1) is 11.3 Å². The highest BCUT2D eigenvalue weighted by Crippen LogP contribution is 2.23. The van der Waals surface area contributed by atoms with Gasteiger partial charge < -0.3 is 5.32 Å². The quantitative estimate of drug-likeness (QED) is 0.910. The highest BCUT2D eigenvalue weighted by Gasteiger charge is 2.22. The van der Waals surface area contributed by atoms with E-state index < -0.39 is 0 Å². The van der Waals surface area contributed by atoms with Crippen LogP contribution in [0.25, 0.3) is 0 Å². The molecule has 1 N–H and O–H groups in total. The number of amidine groups is 1. The van der Waals surface area contributed by atoms with Crippen LogP contribution in [-0.4, -0.2) is 17.0 Å². The maximum atomic E-state index is 5.87. The van der Waals surface area contributed by atoms with Gasteiger partial charge in [-0.25, -0.2) is 0 Å². The molecule has 0 bridgehead atoms. The second-order valence-corrected chi connectivity index (χ2v) is 6.94. The van der Waals surface area contributed by atoms with E-state index in [4.69, 9.17) is 11.6 Å². The summed E-state index contributed by atoms with van der Waals surface area (Å²) in [5.41, 5.74) is 0. The summed E-state index contributed by atoms with van der Waals surface area (Å²) >= 11 is 9.28. The second-order valence-electron chi connectivity index (χ2n) is 4.13. The van der Waals surface area contributed by atoms with Crippen LogP contribution in [0.5, 0.6) is 0 Å². The van der Waals surface area contributed by atoms with E-state index in [2.05, 4.69) is 24.2 Å². The van der Waals surface area contributed by atoms with Crippen LogP contribution in [-0.2, 0) is 6.54 Å². The maximum Gasteiger partial charge on any atom is 0.157 e. The Kier molecular flexibility index (Phi) is 4.16. The number of nitrogens with zero attached hydrogens (tertiary/aromatic N) is 1. The zero-order valence-electron chi connectivity index (χ0n) is 9.37. The van der Waals surface area contributed by atoms with Crippen molar-refractivity contribution in [2.24, 2.45) is 10.9 Å². The Morgan fingerprint density at radius 1 is 1.56 bits per heavy atom. The van der Waals surface area contributed by atoms with E-state index in [9.17, 15) is 0 Å². The molecule has 0 saturated carbocycles. The second kappa shape index (κ2) is 5.43. The fraction of sp³-hybridized carbons (Fsp3) is 0.545. The lowest BCUT2D eigenvalue weighted by Crippen LogP contribution is -2.31. The molecule has 1 aliphatic heterocycles. The number of hydrogen-bond acceptors (Lipinski definition) is 3. The van der Waals surface area contributed by atoms with E-state index in [0.717, 1.165) is 21.8 Å². The van der Waals surface area contributed by atoms with Crippen molar-refractivity contribution < 1.29 is 0 Å². The largest absolute Gasteiger partial charge is 0.361 e. The molecule has 0 spiro atoms. The van der Waals surface area contributed by atoms with Crippen molar-refractivity contribution >= 4 is 39.9 Å². The first-order chi connectivity index (χ1) is 7.65. The summed E-state index contributed by atoms with van der Waals surface area (Å²) in [6.45, 7) is 5.21. The minimum absolute atomic E-state index is 0.565. The molecule has 16 heavy (non-hydrogen) atoms. The summed E-state index contributed by atoms with van der Waals surface area (Å²) in [5.74, 6) is 1.79. The van der Waals surface area contributed by atoms with Gasteiger partial charge in [0.1, 0.15) is 0 Å². The fourth-order valence-electron chi connectivity index (χ4n) is 1.45. The van der Waals surface area contributed by atoms with Gasteiger partial charge in [0.25, 0.3) is 0 Å². The minimum atomic E-state index is 0.565. The first-order valence-corrected chi connectivity index (χ1v) is 7.51. The molecule has 1 aromatic rings. The van der Waals surface area contributed by atoms with Gasteiger partial charge >= 0.3 is 0 Å². The zero-order valence-corrected chi connectivity index (χ0v) is 11.8. The predicted octanol–water partition coefficient (Wildman–Crippen LogP) is 3.62. The molecular weight excluding hydrogens is 260 g/mol. The van der Waals surface area contributed by atoms with Crippen LogP contribution in [0.1, 0.15) is 18.7 Å². The summed E-state index contributed by atoms with van der Waals surface area (Å²) in [4.78, 5) is 5.78. The smallest absolute Gasteiger partial charge is 0.157 e. The van der Waals surface area contributed by atoms with Crippen molar-refractivity contribution in [3.05, 3.63) is 21.3 Å². The molecule has 1 atom stereocenters. The summed E-state index contributed by atoms with van der Waals surface area (Å²) in [6.07, 6.45) is 0. The lowest BCUT2D eigenvalue weighted by molar-refractivity contribution is 0.503. The summed E-state index contributed by atoms with van der Waals surface area (Å²) in [5, 5.41) is 4.52. The van der Waals surface area contributed by atoms with Crippen molar-refractivity contribution in [3.63, 3.8) is 0 Å². The van der Waals surface area contributed by atoms with Crippen LogP contribution in [0.3, 0.4) is 0 Å². The van der Waals surface area contributed by atoms with Crippen molar-refractivity contribution in [2.75, 3.05) is 5.75 Å². The Bertz CT molecular complexity index is 387. The molecular formula is C11H15ClN2S2. The third kappa shape index (κ3) is 3.15. The van der Waals surface area contributed by atoms with E-state index >= 15 is 0 Å². The first kappa shape index (κ1) is 12.3. The standard InChI is InChI=1S/C11H15ClN2S2/c1-7(2)9-6-15-11(14-9)13-5-8-3-4-10(12)16-8/h3-4,7,9H,5-6H2,1-2H3,(H,13,14). The summed E-state index contributed by atoms with van der Waals surface area (Å²) < 4.78 is 0.835. The van der Waals surface area contributed by atoms with Gasteiger partial charge in [0.15, 0.2) is 5.17 Å². The van der Waals surface area contributed by atoms with Crippen molar-refractivity contribution in [2.45, 2.75) is 26.4 Å². The van der Waals surface area contributed by atoms with Crippen LogP contribution in [0.15, 0.2) is 17.1 Å². The predicted molar refractivity (Wildman–Crippen MR) is 74.7 cm³/mol. The molecule has 5 heteroatoms. The number of thiophene rings is 1. The average Bonchev–Trinajstić information content (AvgIpc) is 2.83. The molecule has 1 saturated heterocycles. The minimum Gasteiger partial charge on any atom is -0.361 e. The number of aliphatic imine (C=N–C) groups is 1. The maximum absolute atomic E-state index is 5.87. The van der Waals surface area contributed by atoms with Crippen LogP contribution < -0.4 is 5.32 Å². The lowest BCUT2D eigenvalue weighted by Gasteiger charge is -2.12. The Morgan fingerprint density at radius 2 is 2.38 bits per heavy atom. The molecule has 2 heterocycles. The van der Waals surface area contributed by atoms with Gasteiger partial charge in [-0.3, -0.25) is 4.99 Å². The Hall–Kier alpha value is -0.190. The van der Waals surface area contributed by atoms with E-state index in [1.807, 2.05) is 23.9 Å². The topological polar surface area (TPSA) is 24.4 Å². The molecule has 1 unspecified atom stereocenters. The molecule has 88 valence electrons. The normalized spacial score (nSPS) is 23.0. The van der Waals surface area contributed by atoms with E-state index in [1.54, 1.807) is 11.3 Å².